The van der Waals surface area contributed by atoms with Gasteiger partial charge in [0.05, 0.1) is 11.1 Å². The fourth-order valence-corrected chi connectivity index (χ4v) is 3.79. The number of carbonyl (C=O) groups is 1. The number of fused-ring (bicyclic) bond motifs is 1. The van der Waals surface area contributed by atoms with E-state index in [4.69, 9.17) is 4.98 Å². The molecule has 1 aliphatic heterocycles. The molecule has 2 aliphatic rings. The number of pyridine rings is 1. The van der Waals surface area contributed by atoms with E-state index < -0.39 is 0 Å². The summed E-state index contributed by atoms with van der Waals surface area (Å²) >= 11 is 3.52. The molecule has 1 atom stereocenters. The van der Waals surface area contributed by atoms with Crippen LogP contribution >= 0.6 is 40.7 Å². The SMILES string of the molecule is Cc1c(C2CC2)nc2ccc(Br)cc2c1C(=O)NC1CCNC1.Cl.Cl. The lowest BCUT2D eigenvalue weighted by Crippen LogP contribution is -2.36. The van der Waals surface area contributed by atoms with E-state index in [1.165, 1.54) is 12.8 Å². The molecule has 1 aromatic carbocycles. The van der Waals surface area contributed by atoms with Crippen molar-refractivity contribution in [3.05, 3.63) is 39.5 Å². The van der Waals surface area contributed by atoms with Crippen LogP contribution in [0, 0.1) is 6.92 Å². The Balaban J connectivity index is 0.00000113. The van der Waals surface area contributed by atoms with E-state index in [1.54, 1.807) is 0 Å². The Morgan fingerprint density at radius 3 is 2.68 bits per heavy atom. The average molecular weight is 447 g/mol. The molecule has 0 spiro atoms. The van der Waals surface area contributed by atoms with E-state index in [0.29, 0.717) is 5.92 Å². The summed E-state index contributed by atoms with van der Waals surface area (Å²) in [6, 6.07) is 6.22. The molecule has 1 aromatic heterocycles. The monoisotopic (exact) mass is 445 g/mol. The molecule has 1 saturated carbocycles. The van der Waals surface area contributed by atoms with Crippen molar-refractivity contribution in [3.63, 3.8) is 0 Å². The Morgan fingerprint density at radius 2 is 2.04 bits per heavy atom. The van der Waals surface area contributed by atoms with E-state index in [-0.39, 0.29) is 36.8 Å². The second kappa shape index (κ2) is 8.21. The van der Waals surface area contributed by atoms with Gasteiger partial charge in [-0.15, -0.1) is 24.8 Å². The number of aromatic nitrogens is 1. The van der Waals surface area contributed by atoms with Crippen molar-refractivity contribution < 1.29 is 4.79 Å². The van der Waals surface area contributed by atoms with Gasteiger partial charge in [0.1, 0.15) is 0 Å². The number of nitrogens with zero attached hydrogens (tertiary/aromatic N) is 1. The summed E-state index contributed by atoms with van der Waals surface area (Å²) in [5, 5.41) is 7.42. The molecule has 1 aliphatic carbocycles. The highest BCUT2D eigenvalue weighted by Crippen LogP contribution is 2.42. The number of carbonyl (C=O) groups excluding carboxylic acids is 1. The molecule has 2 fully saturated rings. The van der Waals surface area contributed by atoms with Gasteiger partial charge in [0, 0.05) is 34.1 Å². The summed E-state index contributed by atoms with van der Waals surface area (Å²) in [5.41, 5.74) is 3.86. The predicted octanol–water partition coefficient (Wildman–Crippen LogP) is 4.12. The number of nitrogens with one attached hydrogen (secondary N) is 2. The normalized spacial score (nSPS) is 19.2. The standard InChI is InChI=1S/C18H20BrN3O.2ClH/c1-10-16(18(23)21-13-6-7-20-9-13)14-8-12(19)4-5-15(14)22-17(10)11-2-3-11;;/h4-5,8,11,13,20H,2-3,6-7,9H2,1H3,(H,21,23);2*1H. The average Bonchev–Trinajstić information content (AvgIpc) is 3.24. The van der Waals surface area contributed by atoms with Crippen molar-refractivity contribution in [1.82, 2.24) is 15.6 Å². The minimum Gasteiger partial charge on any atom is -0.348 e. The van der Waals surface area contributed by atoms with Crippen molar-refractivity contribution in [2.24, 2.45) is 0 Å². The van der Waals surface area contributed by atoms with E-state index in [2.05, 4.69) is 26.6 Å². The highest BCUT2D eigenvalue weighted by Gasteiger charge is 2.30. The largest absolute Gasteiger partial charge is 0.348 e. The molecule has 0 bridgehead atoms. The molecular formula is C18H22BrCl2N3O. The molecule has 2 aromatic rings. The number of amides is 1. The van der Waals surface area contributed by atoms with Gasteiger partial charge < -0.3 is 10.6 Å². The van der Waals surface area contributed by atoms with Gasteiger partial charge in [-0.3, -0.25) is 9.78 Å². The molecule has 136 valence electrons. The topological polar surface area (TPSA) is 54.0 Å². The predicted molar refractivity (Wildman–Crippen MR) is 109 cm³/mol. The lowest BCUT2D eigenvalue weighted by molar-refractivity contribution is 0.0941. The van der Waals surface area contributed by atoms with Crippen LogP contribution in [0.2, 0.25) is 0 Å². The summed E-state index contributed by atoms with van der Waals surface area (Å²) in [4.78, 5) is 17.8. The van der Waals surface area contributed by atoms with Crippen LogP contribution in [0.25, 0.3) is 10.9 Å². The molecule has 4 nitrogen and oxygen atoms in total. The Kier molecular flexibility index (Phi) is 6.71. The Labute approximate surface area is 168 Å². The fourth-order valence-electron chi connectivity index (χ4n) is 3.43. The van der Waals surface area contributed by atoms with Crippen LogP contribution in [0.4, 0.5) is 0 Å². The Bertz CT molecular complexity index is 789. The first-order valence-corrected chi connectivity index (χ1v) is 9.04. The lowest BCUT2D eigenvalue weighted by atomic mass is 9.98. The van der Waals surface area contributed by atoms with Gasteiger partial charge in [0.15, 0.2) is 0 Å². The molecule has 7 heteroatoms. The second-order valence-corrected chi connectivity index (χ2v) is 7.51. The number of halogens is 3. The number of hydrogen-bond donors (Lipinski definition) is 2. The molecule has 25 heavy (non-hydrogen) atoms. The van der Waals surface area contributed by atoms with Crippen LogP contribution in [-0.2, 0) is 0 Å². The molecular weight excluding hydrogens is 425 g/mol. The van der Waals surface area contributed by atoms with E-state index >= 15 is 0 Å². The molecule has 0 radical (unpaired) electrons. The maximum absolute atomic E-state index is 13.0. The zero-order valence-electron chi connectivity index (χ0n) is 14.0. The van der Waals surface area contributed by atoms with Crippen LogP contribution < -0.4 is 10.6 Å². The van der Waals surface area contributed by atoms with Crippen molar-refractivity contribution in [3.8, 4) is 0 Å². The lowest BCUT2D eigenvalue weighted by Gasteiger charge is -2.17. The zero-order valence-corrected chi connectivity index (χ0v) is 17.2. The van der Waals surface area contributed by atoms with Crippen LogP contribution in [0.15, 0.2) is 22.7 Å². The Hall–Kier alpha value is -0.880. The third kappa shape index (κ3) is 4.11. The molecule has 1 amide bonds. The summed E-state index contributed by atoms with van der Waals surface area (Å²) in [6.45, 7) is 3.87. The van der Waals surface area contributed by atoms with Crippen LogP contribution in [0.3, 0.4) is 0 Å². The maximum atomic E-state index is 13.0. The highest BCUT2D eigenvalue weighted by atomic mass is 79.9. The van der Waals surface area contributed by atoms with Gasteiger partial charge >= 0.3 is 0 Å². The van der Waals surface area contributed by atoms with Gasteiger partial charge in [0.2, 0.25) is 0 Å². The quantitative estimate of drug-likeness (QED) is 0.745. The minimum atomic E-state index is 0. The van der Waals surface area contributed by atoms with Gasteiger partial charge in [-0.2, -0.15) is 0 Å². The van der Waals surface area contributed by atoms with Gasteiger partial charge in [-0.05, 0) is 56.5 Å². The number of rotatable bonds is 3. The van der Waals surface area contributed by atoms with Gasteiger partial charge in [-0.25, -0.2) is 0 Å². The third-order valence-electron chi connectivity index (χ3n) is 4.81. The molecule has 2 N–H and O–H groups in total. The van der Waals surface area contributed by atoms with Crippen LogP contribution in [0.1, 0.15) is 46.8 Å². The summed E-state index contributed by atoms with van der Waals surface area (Å²) in [5.74, 6) is 0.561. The maximum Gasteiger partial charge on any atom is 0.252 e. The van der Waals surface area contributed by atoms with Crippen molar-refractivity contribution in [1.29, 1.82) is 0 Å². The van der Waals surface area contributed by atoms with E-state index in [1.807, 2.05) is 25.1 Å². The minimum absolute atomic E-state index is 0. The molecule has 1 unspecified atom stereocenters. The van der Waals surface area contributed by atoms with Crippen molar-refractivity contribution in [2.75, 3.05) is 13.1 Å². The molecule has 2 heterocycles. The first-order valence-electron chi connectivity index (χ1n) is 8.25. The summed E-state index contributed by atoms with van der Waals surface area (Å²) in [7, 11) is 0. The molecule has 1 saturated heterocycles. The fraction of sp³-hybridized carbons (Fsp3) is 0.444. The van der Waals surface area contributed by atoms with Gasteiger partial charge in [-0.1, -0.05) is 15.9 Å². The smallest absolute Gasteiger partial charge is 0.252 e. The third-order valence-corrected chi connectivity index (χ3v) is 5.31. The van der Waals surface area contributed by atoms with E-state index in [0.717, 1.165) is 51.7 Å². The summed E-state index contributed by atoms with van der Waals surface area (Å²) < 4.78 is 0.974. The molecule has 4 rings (SSSR count). The number of hydrogen-bond acceptors (Lipinski definition) is 3. The highest BCUT2D eigenvalue weighted by molar-refractivity contribution is 9.10. The zero-order chi connectivity index (χ0) is 16.0. The summed E-state index contributed by atoms with van der Waals surface area (Å²) in [6.07, 6.45) is 3.36. The first-order chi connectivity index (χ1) is 11.1. The van der Waals surface area contributed by atoms with Crippen molar-refractivity contribution >= 4 is 57.6 Å². The first kappa shape index (κ1) is 20.4. The Morgan fingerprint density at radius 1 is 1.28 bits per heavy atom. The van der Waals surface area contributed by atoms with Crippen molar-refractivity contribution in [2.45, 2.75) is 38.1 Å². The van der Waals surface area contributed by atoms with E-state index in [9.17, 15) is 4.79 Å². The van der Waals surface area contributed by atoms with Gasteiger partial charge in [0.25, 0.3) is 5.91 Å². The number of benzene rings is 1. The second-order valence-electron chi connectivity index (χ2n) is 6.60. The van der Waals surface area contributed by atoms with Crippen LogP contribution in [-0.4, -0.2) is 30.0 Å². The van der Waals surface area contributed by atoms with Crippen LogP contribution in [0.5, 0.6) is 0 Å².